The number of thioether (sulfide) groups is 1. The quantitative estimate of drug-likeness (QED) is 0.431. The number of unbranched alkanes of at least 4 members (excludes halogenated alkanes) is 4. The first-order valence-corrected chi connectivity index (χ1v) is 10.5. The number of nitrogens with zero attached hydrogens (tertiary/aromatic N) is 2. The number of carbonyl (C=O) groups is 2. The molecule has 1 aliphatic rings. The Kier molecular flexibility index (Phi) is 8.94. The molecule has 1 aliphatic heterocycles. The predicted molar refractivity (Wildman–Crippen MR) is 107 cm³/mol. The summed E-state index contributed by atoms with van der Waals surface area (Å²) in [7, 11) is 0. The molecule has 1 aromatic rings. The van der Waals surface area contributed by atoms with Crippen molar-refractivity contribution >= 4 is 46.2 Å². The van der Waals surface area contributed by atoms with Crippen molar-refractivity contribution in [3.63, 3.8) is 0 Å². The molecule has 0 saturated heterocycles. The van der Waals surface area contributed by atoms with E-state index in [1.165, 1.54) is 24.6 Å². The summed E-state index contributed by atoms with van der Waals surface area (Å²) in [5, 5.41) is 12.6. The molecule has 0 saturated carbocycles. The highest BCUT2D eigenvalue weighted by Gasteiger charge is 2.23. The topological polar surface area (TPSA) is 82.0 Å². The van der Waals surface area contributed by atoms with Gasteiger partial charge >= 0.3 is 5.97 Å². The number of carboxylic acid groups (broad SMARTS) is 1. The fourth-order valence-electron chi connectivity index (χ4n) is 2.65. The van der Waals surface area contributed by atoms with Crippen LogP contribution in [0.1, 0.15) is 45.4 Å². The van der Waals surface area contributed by atoms with Crippen molar-refractivity contribution in [1.82, 2.24) is 0 Å². The Morgan fingerprint density at radius 2 is 1.96 bits per heavy atom. The number of amides is 1. The maximum atomic E-state index is 11.9. The van der Waals surface area contributed by atoms with Crippen LogP contribution < -0.4 is 10.0 Å². The largest absolute Gasteiger partial charge is 0.530 e. The lowest BCUT2D eigenvalue weighted by Gasteiger charge is -2.24. The first-order chi connectivity index (χ1) is 13.0. The molecule has 8 heteroatoms. The number of aliphatic imine (C=N–C) groups is 1. The zero-order chi connectivity index (χ0) is 19.6. The predicted octanol–water partition coefficient (Wildman–Crippen LogP) is 3.86. The van der Waals surface area contributed by atoms with E-state index >= 15 is 0 Å². The highest BCUT2D eigenvalue weighted by molar-refractivity contribution is 8.14. The number of benzene rings is 1. The van der Waals surface area contributed by atoms with Crippen LogP contribution in [-0.2, 0) is 9.53 Å². The summed E-state index contributed by atoms with van der Waals surface area (Å²) in [5.41, 5.74) is 0.454. The van der Waals surface area contributed by atoms with Gasteiger partial charge in [0, 0.05) is 17.1 Å². The fraction of sp³-hybridized carbons (Fsp3) is 0.526. The molecule has 1 atom stereocenters. The second kappa shape index (κ2) is 11.2. The molecule has 0 N–H and O–H groups in total. The van der Waals surface area contributed by atoms with E-state index in [0.29, 0.717) is 27.9 Å². The van der Waals surface area contributed by atoms with Crippen LogP contribution in [0.15, 0.2) is 29.3 Å². The molecule has 2 rings (SSSR count). The van der Waals surface area contributed by atoms with Crippen molar-refractivity contribution in [2.45, 2.75) is 51.7 Å². The van der Waals surface area contributed by atoms with Crippen molar-refractivity contribution in [3.8, 4) is 0 Å². The first kappa shape index (κ1) is 21.6. The molecule has 148 valence electrons. The molecule has 27 heavy (non-hydrogen) atoms. The van der Waals surface area contributed by atoms with Crippen molar-refractivity contribution in [1.29, 1.82) is 0 Å². The molecule has 1 heterocycles. The molecule has 0 spiro atoms. The van der Waals surface area contributed by atoms with Crippen LogP contribution in [-0.4, -0.2) is 35.6 Å². The van der Waals surface area contributed by atoms with Gasteiger partial charge in [0.2, 0.25) is 6.23 Å². The third-order valence-electron chi connectivity index (χ3n) is 4.08. The maximum absolute atomic E-state index is 11.9. The molecular formula is C19H24ClN2O4S-. The molecule has 0 fully saturated rings. The fourth-order valence-corrected chi connectivity index (χ4v) is 3.67. The smallest absolute Gasteiger partial charge is 0.307 e. The number of esters is 1. The number of rotatable bonds is 10. The Morgan fingerprint density at radius 1 is 1.26 bits per heavy atom. The summed E-state index contributed by atoms with van der Waals surface area (Å²) in [6.45, 7) is 2.20. The average Bonchev–Trinajstić information content (AvgIpc) is 3.07. The number of carbonyl (C=O) groups excluding carboxylic acids is 2. The molecule has 6 nitrogen and oxygen atoms in total. The van der Waals surface area contributed by atoms with Crippen LogP contribution in [0.2, 0.25) is 5.02 Å². The average molecular weight is 412 g/mol. The molecule has 0 aliphatic carbocycles. The minimum Gasteiger partial charge on any atom is -0.530 e. The molecule has 1 amide bonds. The third kappa shape index (κ3) is 7.42. The number of hydrogen-bond acceptors (Lipinski definition) is 6. The zero-order valence-electron chi connectivity index (χ0n) is 15.4. The van der Waals surface area contributed by atoms with Gasteiger partial charge in [0.25, 0.3) is 0 Å². The van der Waals surface area contributed by atoms with E-state index in [-0.39, 0.29) is 12.5 Å². The van der Waals surface area contributed by atoms with Gasteiger partial charge < -0.3 is 19.5 Å². The maximum Gasteiger partial charge on any atom is 0.307 e. The molecule has 0 bridgehead atoms. The van der Waals surface area contributed by atoms with Crippen LogP contribution in [0.25, 0.3) is 0 Å². The monoisotopic (exact) mass is 411 g/mol. The number of ether oxygens (including phenoxy) is 1. The van der Waals surface area contributed by atoms with E-state index in [0.717, 1.165) is 24.2 Å². The van der Waals surface area contributed by atoms with Crippen molar-refractivity contribution < 1.29 is 19.4 Å². The molecular weight excluding hydrogens is 388 g/mol. The second-order valence-corrected chi connectivity index (χ2v) is 7.80. The van der Waals surface area contributed by atoms with Gasteiger partial charge in [-0.25, -0.2) is 4.99 Å². The molecule has 0 radical (unpaired) electrons. The first-order valence-electron chi connectivity index (χ1n) is 9.12. The van der Waals surface area contributed by atoms with Crippen LogP contribution in [0.5, 0.6) is 0 Å². The SMILES string of the molecule is CCCCCCCC(=O)OC1CSC(CN(C(=O)[O-])c2ccc(Cl)cc2)=N1. The van der Waals surface area contributed by atoms with Gasteiger partial charge in [-0.2, -0.15) is 0 Å². The Balaban J connectivity index is 1.83. The van der Waals surface area contributed by atoms with Gasteiger partial charge in [-0.05, 0) is 30.7 Å². The zero-order valence-corrected chi connectivity index (χ0v) is 16.9. The number of anilines is 1. The van der Waals surface area contributed by atoms with Crippen molar-refractivity contribution in [2.75, 3.05) is 17.2 Å². The lowest BCUT2D eigenvalue weighted by atomic mass is 10.1. The summed E-state index contributed by atoms with van der Waals surface area (Å²) in [6.07, 6.45) is 3.85. The Bertz CT molecular complexity index is 666. The van der Waals surface area contributed by atoms with Crippen LogP contribution in [0.3, 0.4) is 0 Å². The van der Waals surface area contributed by atoms with Gasteiger partial charge in [-0.15, -0.1) is 11.8 Å². The summed E-state index contributed by atoms with van der Waals surface area (Å²) in [6, 6.07) is 6.44. The van der Waals surface area contributed by atoms with E-state index < -0.39 is 12.3 Å². The van der Waals surface area contributed by atoms with Gasteiger partial charge in [0.1, 0.15) is 6.09 Å². The normalized spacial score (nSPS) is 16.1. The Hall–Kier alpha value is -1.73. The summed E-state index contributed by atoms with van der Waals surface area (Å²) < 4.78 is 5.37. The number of hydrogen-bond donors (Lipinski definition) is 0. The van der Waals surface area contributed by atoms with Crippen molar-refractivity contribution in [3.05, 3.63) is 29.3 Å². The van der Waals surface area contributed by atoms with E-state index in [2.05, 4.69) is 11.9 Å². The van der Waals surface area contributed by atoms with E-state index in [1.54, 1.807) is 24.3 Å². The summed E-state index contributed by atoms with van der Waals surface area (Å²) in [4.78, 5) is 28.8. The summed E-state index contributed by atoms with van der Waals surface area (Å²) in [5.74, 6) is 0.245. The Labute approximate surface area is 168 Å². The van der Waals surface area contributed by atoms with Gasteiger partial charge in [0.15, 0.2) is 0 Å². The van der Waals surface area contributed by atoms with Gasteiger partial charge in [0.05, 0.1) is 17.3 Å². The second-order valence-electron chi connectivity index (χ2n) is 6.27. The van der Waals surface area contributed by atoms with E-state index in [9.17, 15) is 14.7 Å². The standard InChI is InChI=1S/C19H25ClN2O4S/c1-2-3-4-5-6-7-18(23)26-16-13-27-17(21-16)12-22(19(24)25)15-10-8-14(20)9-11-15/h8-11,16H,2-7,12-13H2,1H3,(H,24,25)/p-1. The van der Waals surface area contributed by atoms with Gasteiger partial charge in [-0.3, -0.25) is 4.79 Å². The van der Waals surface area contributed by atoms with E-state index in [4.69, 9.17) is 16.3 Å². The van der Waals surface area contributed by atoms with Crippen LogP contribution in [0.4, 0.5) is 10.5 Å². The van der Waals surface area contributed by atoms with Crippen LogP contribution >= 0.6 is 23.4 Å². The van der Waals surface area contributed by atoms with Crippen molar-refractivity contribution in [2.24, 2.45) is 4.99 Å². The van der Waals surface area contributed by atoms with Gasteiger partial charge in [-0.1, -0.05) is 44.2 Å². The number of halogens is 1. The van der Waals surface area contributed by atoms with Crippen LogP contribution in [0, 0.1) is 0 Å². The Morgan fingerprint density at radius 3 is 2.63 bits per heavy atom. The molecule has 0 aromatic heterocycles. The summed E-state index contributed by atoms with van der Waals surface area (Å²) >= 11 is 7.22. The highest BCUT2D eigenvalue weighted by atomic mass is 35.5. The minimum atomic E-state index is -1.33. The molecule has 1 unspecified atom stereocenters. The third-order valence-corrected chi connectivity index (χ3v) is 5.36. The highest BCUT2D eigenvalue weighted by Crippen LogP contribution is 2.23. The lowest BCUT2D eigenvalue weighted by molar-refractivity contribution is -0.246. The lowest BCUT2D eigenvalue weighted by Crippen LogP contribution is -2.43. The molecule has 1 aromatic carbocycles. The van der Waals surface area contributed by atoms with E-state index in [1.807, 2.05) is 0 Å². The minimum absolute atomic E-state index is 0.0553.